The SMILES string of the molecule is CC1COC(c2ccc(I)c(F)c2)OC1. The number of hydrogen-bond acceptors (Lipinski definition) is 2. The largest absolute Gasteiger partial charge is 0.348 e. The maximum atomic E-state index is 13.3. The van der Waals surface area contributed by atoms with E-state index in [2.05, 4.69) is 6.92 Å². The summed E-state index contributed by atoms with van der Waals surface area (Å²) in [5.41, 5.74) is 0.750. The fourth-order valence-corrected chi connectivity index (χ4v) is 1.79. The summed E-state index contributed by atoms with van der Waals surface area (Å²) in [5.74, 6) is 0.189. The summed E-state index contributed by atoms with van der Waals surface area (Å²) >= 11 is 1.96. The Morgan fingerprint density at radius 2 is 2.00 bits per heavy atom. The number of ether oxygens (including phenoxy) is 2. The Labute approximate surface area is 102 Å². The Kier molecular flexibility index (Phi) is 3.58. The lowest BCUT2D eigenvalue weighted by atomic mass is 10.1. The second-order valence-corrected chi connectivity index (χ2v) is 4.94. The van der Waals surface area contributed by atoms with E-state index in [9.17, 15) is 4.39 Å². The molecule has 0 spiro atoms. The molecular formula is C11H12FIO2. The summed E-state index contributed by atoms with van der Waals surface area (Å²) in [5, 5.41) is 0. The molecule has 2 nitrogen and oxygen atoms in total. The molecule has 0 radical (unpaired) electrons. The van der Waals surface area contributed by atoms with Crippen molar-refractivity contribution in [1.29, 1.82) is 0 Å². The molecule has 2 rings (SSSR count). The van der Waals surface area contributed by atoms with Crippen LogP contribution < -0.4 is 0 Å². The second-order valence-electron chi connectivity index (χ2n) is 3.78. The summed E-state index contributed by atoms with van der Waals surface area (Å²) in [6.45, 7) is 3.39. The van der Waals surface area contributed by atoms with Gasteiger partial charge in [-0.1, -0.05) is 13.0 Å². The van der Waals surface area contributed by atoms with Crippen LogP contribution in [-0.2, 0) is 9.47 Å². The first kappa shape index (κ1) is 11.3. The Morgan fingerprint density at radius 1 is 1.33 bits per heavy atom. The molecule has 1 aromatic carbocycles. The first-order chi connectivity index (χ1) is 7.16. The van der Waals surface area contributed by atoms with Crippen molar-refractivity contribution < 1.29 is 13.9 Å². The van der Waals surface area contributed by atoms with Crippen molar-refractivity contribution in [3.8, 4) is 0 Å². The van der Waals surface area contributed by atoms with Crippen LogP contribution >= 0.6 is 22.6 Å². The smallest absolute Gasteiger partial charge is 0.183 e. The van der Waals surface area contributed by atoms with Crippen molar-refractivity contribution >= 4 is 22.6 Å². The van der Waals surface area contributed by atoms with Gasteiger partial charge >= 0.3 is 0 Å². The zero-order valence-corrected chi connectivity index (χ0v) is 10.5. The van der Waals surface area contributed by atoms with Crippen molar-refractivity contribution in [2.45, 2.75) is 13.2 Å². The molecule has 4 heteroatoms. The Morgan fingerprint density at radius 3 is 2.60 bits per heavy atom. The quantitative estimate of drug-likeness (QED) is 0.740. The highest BCUT2D eigenvalue weighted by Gasteiger charge is 2.21. The van der Waals surface area contributed by atoms with Gasteiger partial charge in [-0.2, -0.15) is 0 Å². The van der Waals surface area contributed by atoms with Gasteiger partial charge in [-0.05, 0) is 34.7 Å². The maximum Gasteiger partial charge on any atom is 0.183 e. The topological polar surface area (TPSA) is 18.5 Å². The highest BCUT2D eigenvalue weighted by atomic mass is 127. The van der Waals surface area contributed by atoms with Crippen LogP contribution in [0.15, 0.2) is 18.2 Å². The average molecular weight is 322 g/mol. The molecule has 1 heterocycles. The van der Waals surface area contributed by atoms with Gasteiger partial charge in [0, 0.05) is 15.1 Å². The maximum absolute atomic E-state index is 13.3. The standard InChI is InChI=1S/C11H12FIO2/c1-7-5-14-11(15-6-7)8-2-3-10(13)9(12)4-8/h2-4,7,11H,5-6H2,1H3. The van der Waals surface area contributed by atoms with Crippen LogP contribution in [-0.4, -0.2) is 13.2 Å². The van der Waals surface area contributed by atoms with Crippen LogP contribution in [0.1, 0.15) is 18.8 Å². The minimum Gasteiger partial charge on any atom is -0.348 e. The van der Waals surface area contributed by atoms with Crippen molar-refractivity contribution in [3.05, 3.63) is 33.1 Å². The van der Waals surface area contributed by atoms with Crippen molar-refractivity contribution in [1.82, 2.24) is 0 Å². The first-order valence-corrected chi connectivity index (χ1v) is 5.93. The molecule has 82 valence electrons. The lowest BCUT2D eigenvalue weighted by Crippen LogP contribution is -2.25. The monoisotopic (exact) mass is 322 g/mol. The van der Waals surface area contributed by atoms with E-state index in [4.69, 9.17) is 9.47 Å². The Bertz CT molecular complexity index is 348. The van der Waals surface area contributed by atoms with Crippen LogP contribution in [0, 0.1) is 15.3 Å². The van der Waals surface area contributed by atoms with Crippen LogP contribution in [0.5, 0.6) is 0 Å². The van der Waals surface area contributed by atoms with Crippen LogP contribution in [0.4, 0.5) is 4.39 Å². The van der Waals surface area contributed by atoms with Gasteiger partial charge < -0.3 is 9.47 Å². The van der Waals surface area contributed by atoms with Gasteiger partial charge in [0.05, 0.1) is 13.2 Å². The third-order valence-corrected chi connectivity index (χ3v) is 3.15. The molecule has 0 amide bonds. The zero-order valence-electron chi connectivity index (χ0n) is 8.37. The van der Waals surface area contributed by atoms with Gasteiger partial charge in [0.1, 0.15) is 5.82 Å². The molecule has 1 saturated heterocycles. The summed E-state index contributed by atoms with van der Waals surface area (Å²) in [7, 11) is 0. The third-order valence-electron chi connectivity index (χ3n) is 2.28. The molecule has 1 aliphatic heterocycles. The van der Waals surface area contributed by atoms with Gasteiger partial charge in [0.15, 0.2) is 6.29 Å². The van der Waals surface area contributed by atoms with E-state index in [1.807, 2.05) is 28.7 Å². The average Bonchev–Trinajstić information content (AvgIpc) is 2.23. The first-order valence-electron chi connectivity index (χ1n) is 4.85. The molecule has 1 aromatic rings. The van der Waals surface area contributed by atoms with E-state index in [1.54, 1.807) is 6.07 Å². The number of hydrogen-bond donors (Lipinski definition) is 0. The predicted molar refractivity (Wildman–Crippen MR) is 62.9 cm³/mol. The lowest BCUT2D eigenvalue weighted by molar-refractivity contribution is -0.202. The molecule has 0 aromatic heterocycles. The third kappa shape index (κ3) is 2.68. The molecule has 1 fully saturated rings. The Balaban J connectivity index is 2.12. The summed E-state index contributed by atoms with van der Waals surface area (Å²) in [6, 6.07) is 5.05. The van der Waals surface area contributed by atoms with Crippen molar-refractivity contribution in [2.24, 2.45) is 5.92 Å². The van der Waals surface area contributed by atoms with Gasteiger partial charge in [-0.15, -0.1) is 0 Å². The molecule has 1 aliphatic rings. The Hall–Kier alpha value is -0.200. The summed E-state index contributed by atoms with van der Waals surface area (Å²) in [4.78, 5) is 0. The molecule has 0 N–H and O–H groups in total. The van der Waals surface area contributed by atoms with E-state index < -0.39 is 6.29 Å². The van der Waals surface area contributed by atoms with Gasteiger partial charge in [0.2, 0.25) is 0 Å². The molecule has 0 atom stereocenters. The van der Waals surface area contributed by atoms with Crippen LogP contribution in [0.2, 0.25) is 0 Å². The second kappa shape index (κ2) is 4.76. The highest BCUT2D eigenvalue weighted by Crippen LogP contribution is 2.26. The van der Waals surface area contributed by atoms with Crippen molar-refractivity contribution in [2.75, 3.05) is 13.2 Å². The fourth-order valence-electron chi connectivity index (χ4n) is 1.45. The highest BCUT2D eigenvalue weighted by molar-refractivity contribution is 14.1. The molecule has 0 unspecified atom stereocenters. The normalized spacial score (nSPS) is 26.6. The number of halogens is 2. The van der Waals surface area contributed by atoms with Crippen LogP contribution in [0.25, 0.3) is 0 Å². The minimum absolute atomic E-state index is 0.223. The zero-order chi connectivity index (χ0) is 10.8. The van der Waals surface area contributed by atoms with E-state index in [-0.39, 0.29) is 5.82 Å². The van der Waals surface area contributed by atoms with Gasteiger partial charge in [-0.25, -0.2) is 4.39 Å². The summed E-state index contributed by atoms with van der Waals surface area (Å²) in [6.07, 6.45) is -0.410. The molecule has 0 bridgehead atoms. The molecular weight excluding hydrogens is 310 g/mol. The fraction of sp³-hybridized carbons (Fsp3) is 0.455. The van der Waals surface area contributed by atoms with Gasteiger partial charge in [0.25, 0.3) is 0 Å². The van der Waals surface area contributed by atoms with E-state index in [1.165, 1.54) is 6.07 Å². The van der Waals surface area contributed by atoms with Gasteiger partial charge in [-0.3, -0.25) is 0 Å². The molecule has 0 saturated carbocycles. The van der Waals surface area contributed by atoms with E-state index in [0.29, 0.717) is 22.7 Å². The van der Waals surface area contributed by atoms with E-state index in [0.717, 1.165) is 5.56 Å². The van der Waals surface area contributed by atoms with Crippen LogP contribution in [0.3, 0.4) is 0 Å². The molecule has 15 heavy (non-hydrogen) atoms. The number of benzene rings is 1. The summed E-state index contributed by atoms with van der Waals surface area (Å²) < 4.78 is 24.9. The van der Waals surface area contributed by atoms with E-state index >= 15 is 0 Å². The van der Waals surface area contributed by atoms with Crippen molar-refractivity contribution in [3.63, 3.8) is 0 Å². The molecule has 0 aliphatic carbocycles. The minimum atomic E-state index is -0.410. The predicted octanol–water partition coefficient (Wildman–Crippen LogP) is 3.11. The lowest BCUT2D eigenvalue weighted by Gasteiger charge is -2.27. The number of rotatable bonds is 1.